The maximum atomic E-state index is 5.50. The van der Waals surface area contributed by atoms with E-state index < -0.39 is 0 Å². The Morgan fingerprint density at radius 3 is 2.79 bits per heavy atom. The number of anilines is 1. The van der Waals surface area contributed by atoms with Gasteiger partial charge < -0.3 is 15.0 Å². The molecule has 0 aliphatic heterocycles. The highest BCUT2D eigenvalue weighted by molar-refractivity contribution is 5.60. The Kier molecular flexibility index (Phi) is 6.43. The highest BCUT2D eigenvalue weighted by atomic mass is 16.5. The van der Waals surface area contributed by atoms with Crippen molar-refractivity contribution in [3.8, 4) is 5.75 Å². The standard InChI is InChI=1S/C16H26N2O/c1-6-7-8-12-18(4)14-10-9-11-15(19-5)16(14)13(2)17-3/h6,9-11,13,17H,1,7-8,12H2,2-5H3. The fourth-order valence-electron chi connectivity index (χ4n) is 2.22. The van der Waals surface area contributed by atoms with E-state index in [1.54, 1.807) is 7.11 Å². The maximum absolute atomic E-state index is 5.50. The van der Waals surface area contributed by atoms with Crippen LogP contribution >= 0.6 is 0 Å². The number of rotatable bonds is 8. The summed E-state index contributed by atoms with van der Waals surface area (Å²) in [4.78, 5) is 2.29. The Morgan fingerprint density at radius 1 is 1.47 bits per heavy atom. The van der Waals surface area contributed by atoms with Crippen molar-refractivity contribution in [2.45, 2.75) is 25.8 Å². The molecule has 1 N–H and O–H groups in total. The SMILES string of the molecule is C=CCCCN(C)c1cccc(OC)c1C(C)NC. The van der Waals surface area contributed by atoms with Crippen LogP contribution in [0.15, 0.2) is 30.9 Å². The van der Waals surface area contributed by atoms with E-state index in [0.717, 1.165) is 25.1 Å². The third-order valence-corrected chi connectivity index (χ3v) is 3.44. The van der Waals surface area contributed by atoms with Crippen LogP contribution in [0.3, 0.4) is 0 Å². The fraction of sp³-hybridized carbons (Fsp3) is 0.500. The predicted molar refractivity (Wildman–Crippen MR) is 83.2 cm³/mol. The molecule has 0 saturated carbocycles. The summed E-state index contributed by atoms with van der Waals surface area (Å²) in [6.07, 6.45) is 4.13. The van der Waals surface area contributed by atoms with E-state index in [1.807, 2.05) is 25.3 Å². The van der Waals surface area contributed by atoms with Crippen LogP contribution in [0.2, 0.25) is 0 Å². The molecule has 0 aromatic heterocycles. The molecule has 3 heteroatoms. The second-order valence-corrected chi connectivity index (χ2v) is 4.76. The summed E-state index contributed by atoms with van der Waals surface area (Å²) in [7, 11) is 5.82. The number of hydrogen-bond acceptors (Lipinski definition) is 3. The summed E-state index contributed by atoms with van der Waals surface area (Å²) >= 11 is 0. The summed E-state index contributed by atoms with van der Waals surface area (Å²) in [6, 6.07) is 6.47. The van der Waals surface area contributed by atoms with Gasteiger partial charge in [0.2, 0.25) is 0 Å². The zero-order valence-corrected chi connectivity index (χ0v) is 12.6. The highest BCUT2D eigenvalue weighted by Crippen LogP contribution is 2.34. The van der Waals surface area contributed by atoms with Gasteiger partial charge in [0, 0.05) is 30.9 Å². The number of hydrogen-bond donors (Lipinski definition) is 1. The Hall–Kier alpha value is -1.48. The first-order valence-electron chi connectivity index (χ1n) is 6.81. The average molecular weight is 262 g/mol. The average Bonchev–Trinajstić information content (AvgIpc) is 2.45. The van der Waals surface area contributed by atoms with Gasteiger partial charge in [-0.1, -0.05) is 12.1 Å². The summed E-state index contributed by atoms with van der Waals surface area (Å²) in [5.41, 5.74) is 2.44. The van der Waals surface area contributed by atoms with E-state index >= 15 is 0 Å². The molecule has 0 amide bonds. The van der Waals surface area contributed by atoms with Crippen molar-refractivity contribution in [1.82, 2.24) is 5.32 Å². The van der Waals surface area contributed by atoms with Gasteiger partial charge in [-0.25, -0.2) is 0 Å². The van der Waals surface area contributed by atoms with Crippen LogP contribution in [0.5, 0.6) is 5.75 Å². The third kappa shape index (κ3) is 4.00. The summed E-state index contributed by atoms with van der Waals surface area (Å²) < 4.78 is 5.50. The van der Waals surface area contributed by atoms with Crippen LogP contribution in [0, 0.1) is 0 Å². The van der Waals surface area contributed by atoms with Gasteiger partial charge >= 0.3 is 0 Å². The Balaban J connectivity index is 3.00. The number of benzene rings is 1. The largest absolute Gasteiger partial charge is 0.496 e. The molecule has 19 heavy (non-hydrogen) atoms. The maximum Gasteiger partial charge on any atom is 0.125 e. The first-order chi connectivity index (χ1) is 9.15. The monoisotopic (exact) mass is 262 g/mol. The fourth-order valence-corrected chi connectivity index (χ4v) is 2.22. The topological polar surface area (TPSA) is 24.5 Å². The first kappa shape index (κ1) is 15.6. The molecule has 1 aromatic rings. The van der Waals surface area contributed by atoms with Crippen LogP contribution in [0.4, 0.5) is 5.69 Å². The van der Waals surface area contributed by atoms with Crippen LogP contribution in [0.1, 0.15) is 31.4 Å². The third-order valence-electron chi connectivity index (χ3n) is 3.44. The van der Waals surface area contributed by atoms with Gasteiger partial charge in [-0.15, -0.1) is 6.58 Å². The van der Waals surface area contributed by atoms with Crippen molar-refractivity contribution in [3.05, 3.63) is 36.4 Å². The van der Waals surface area contributed by atoms with E-state index in [1.165, 1.54) is 11.3 Å². The molecule has 0 aliphatic rings. The molecule has 0 spiro atoms. The van der Waals surface area contributed by atoms with Crippen LogP contribution < -0.4 is 15.0 Å². The van der Waals surface area contributed by atoms with Gasteiger partial charge in [-0.3, -0.25) is 0 Å². The zero-order chi connectivity index (χ0) is 14.3. The minimum absolute atomic E-state index is 0.257. The molecule has 0 bridgehead atoms. The van der Waals surface area contributed by atoms with Crippen molar-refractivity contribution in [3.63, 3.8) is 0 Å². The molecule has 1 rings (SSSR count). The van der Waals surface area contributed by atoms with Gasteiger partial charge in [-0.2, -0.15) is 0 Å². The van der Waals surface area contributed by atoms with E-state index in [-0.39, 0.29) is 6.04 Å². The molecular weight excluding hydrogens is 236 g/mol. The number of unbranched alkanes of at least 4 members (excludes halogenated alkanes) is 1. The molecule has 0 aliphatic carbocycles. The van der Waals surface area contributed by atoms with Crippen molar-refractivity contribution in [2.24, 2.45) is 0 Å². The molecule has 106 valence electrons. The Labute approximate surface area is 117 Å². The predicted octanol–water partition coefficient (Wildman–Crippen LogP) is 3.38. The van der Waals surface area contributed by atoms with Crippen LogP contribution in [0.25, 0.3) is 0 Å². The van der Waals surface area contributed by atoms with Gasteiger partial charge in [0.25, 0.3) is 0 Å². The molecule has 0 heterocycles. The second kappa shape index (κ2) is 7.85. The molecule has 0 saturated heterocycles. The van der Waals surface area contributed by atoms with Gasteiger partial charge in [0.15, 0.2) is 0 Å². The summed E-state index contributed by atoms with van der Waals surface area (Å²) in [5.74, 6) is 0.940. The lowest BCUT2D eigenvalue weighted by Gasteiger charge is -2.26. The zero-order valence-electron chi connectivity index (χ0n) is 12.6. The first-order valence-corrected chi connectivity index (χ1v) is 6.81. The highest BCUT2D eigenvalue weighted by Gasteiger charge is 2.16. The number of allylic oxidation sites excluding steroid dienone is 1. The molecule has 1 atom stereocenters. The molecule has 1 aromatic carbocycles. The second-order valence-electron chi connectivity index (χ2n) is 4.76. The van der Waals surface area contributed by atoms with Gasteiger partial charge in [-0.05, 0) is 38.9 Å². The van der Waals surface area contributed by atoms with Crippen molar-refractivity contribution >= 4 is 5.69 Å². The molecular formula is C16H26N2O. The smallest absolute Gasteiger partial charge is 0.125 e. The van der Waals surface area contributed by atoms with E-state index in [9.17, 15) is 0 Å². The molecule has 0 fully saturated rings. The Morgan fingerprint density at radius 2 is 2.21 bits per heavy atom. The van der Waals surface area contributed by atoms with E-state index in [2.05, 4.69) is 36.8 Å². The molecule has 3 nitrogen and oxygen atoms in total. The van der Waals surface area contributed by atoms with Crippen molar-refractivity contribution < 1.29 is 4.74 Å². The van der Waals surface area contributed by atoms with E-state index in [0.29, 0.717) is 0 Å². The Bertz CT molecular complexity index is 404. The minimum atomic E-state index is 0.257. The number of nitrogens with zero attached hydrogens (tertiary/aromatic N) is 1. The summed E-state index contributed by atoms with van der Waals surface area (Å²) in [6.45, 7) is 6.94. The normalized spacial score (nSPS) is 12.0. The molecule has 1 unspecified atom stereocenters. The van der Waals surface area contributed by atoms with Crippen LogP contribution in [-0.2, 0) is 0 Å². The van der Waals surface area contributed by atoms with E-state index in [4.69, 9.17) is 4.74 Å². The summed E-state index contributed by atoms with van der Waals surface area (Å²) in [5, 5.41) is 3.30. The lowest BCUT2D eigenvalue weighted by molar-refractivity contribution is 0.404. The van der Waals surface area contributed by atoms with Crippen molar-refractivity contribution in [1.29, 1.82) is 0 Å². The van der Waals surface area contributed by atoms with Crippen molar-refractivity contribution in [2.75, 3.05) is 32.6 Å². The number of nitrogens with one attached hydrogen (secondary N) is 1. The lowest BCUT2D eigenvalue weighted by atomic mass is 10.0. The lowest BCUT2D eigenvalue weighted by Crippen LogP contribution is -2.23. The van der Waals surface area contributed by atoms with Gasteiger partial charge in [0.1, 0.15) is 5.75 Å². The quantitative estimate of drug-likeness (QED) is 0.574. The van der Waals surface area contributed by atoms with Crippen LogP contribution in [-0.4, -0.2) is 27.7 Å². The van der Waals surface area contributed by atoms with Gasteiger partial charge in [0.05, 0.1) is 7.11 Å². The minimum Gasteiger partial charge on any atom is -0.496 e. The molecule has 0 radical (unpaired) electrons. The number of ether oxygens (including phenoxy) is 1. The number of methoxy groups -OCH3 is 1.